The molecule has 1 aliphatic rings. The molecule has 4 amide bonds. The molecule has 0 aliphatic carbocycles. The summed E-state index contributed by atoms with van der Waals surface area (Å²) in [6.45, 7) is 0.919. The predicted molar refractivity (Wildman–Crippen MR) is 104 cm³/mol. The van der Waals surface area contributed by atoms with Crippen molar-refractivity contribution in [2.24, 2.45) is 0 Å². The number of imide groups is 1. The molecule has 2 aromatic rings. The van der Waals surface area contributed by atoms with Crippen LogP contribution in [-0.4, -0.2) is 29.3 Å². The number of amides is 4. The Kier molecular flexibility index (Phi) is 5.52. The van der Waals surface area contributed by atoms with Crippen LogP contribution in [0.4, 0.5) is 14.9 Å². The zero-order chi connectivity index (χ0) is 20.6. The van der Waals surface area contributed by atoms with Crippen LogP contribution in [0.1, 0.15) is 12.5 Å². The third-order valence-corrected chi connectivity index (χ3v) is 5.08. The van der Waals surface area contributed by atoms with Crippen molar-refractivity contribution in [1.82, 2.24) is 10.2 Å². The maximum atomic E-state index is 13.2. The normalized spacial score (nSPS) is 19.0. The standard InChI is InChI=1S/C18H13Cl3FN3O3/c1-18(9-2-4-11(22)5-3-9)16(27)25(17(28)24-18)8-14(26)23-15-12(20)6-10(19)7-13(15)21/h2-7H,8H2,1H3,(H,23,26)(H,24,28). The molecule has 2 aromatic carbocycles. The van der Waals surface area contributed by atoms with Gasteiger partial charge in [-0.05, 0) is 36.8 Å². The number of nitrogens with one attached hydrogen (secondary N) is 2. The number of carbonyl (C=O) groups excluding carboxylic acids is 3. The van der Waals surface area contributed by atoms with Crippen LogP contribution in [0.3, 0.4) is 0 Å². The Morgan fingerprint density at radius 2 is 1.71 bits per heavy atom. The van der Waals surface area contributed by atoms with Gasteiger partial charge in [0.05, 0.1) is 15.7 Å². The lowest BCUT2D eigenvalue weighted by Crippen LogP contribution is -2.42. The van der Waals surface area contributed by atoms with Crippen molar-refractivity contribution in [2.75, 3.05) is 11.9 Å². The highest BCUT2D eigenvalue weighted by Gasteiger charge is 2.49. The van der Waals surface area contributed by atoms with Gasteiger partial charge in [-0.3, -0.25) is 14.5 Å². The highest BCUT2D eigenvalue weighted by Crippen LogP contribution is 2.34. The van der Waals surface area contributed by atoms with E-state index in [0.29, 0.717) is 5.56 Å². The van der Waals surface area contributed by atoms with Gasteiger partial charge in [0.15, 0.2) is 0 Å². The third kappa shape index (κ3) is 3.78. The average Bonchev–Trinajstić information content (AvgIpc) is 2.83. The molecule has 1 saturated heterocycles. The van der Waals surface area contributed by atoms with Crippen molar-refractivity contribution in [2.45, 2.75) is 12.5 Å². The minimum atomic E-state index is -1.42. The summed E-state index contributed by atoms with van der Waals surface area (Å²) in [6.07, 6.45) is 0. The first kappa shape index (κ1) is 20.4. The number of halogens is 4. The molecule has 28 heavy (non-hydrogen) atoms. The fourth-order valence-electron chi connectivity index (χ4n) is 2.80. The summed E-state index contributed by atoms with van der Waals surface area (Å²) < 4.78 is 13.2. The van der Waals surface area contributed by atoms with Crippen LogP contribution >= 0.6 is 34.8 Å². The second-order valence-electron chi connectivity index (χ2n) is 6.25. The average molecular weight is 445 g/mol. The number of benzene rings is 2. The molecule has 0 aromatic heterocycles. The fourth-order valence-corrected chi connectivity index (χ4v) is 3.72. The number of hydrogen-bond donors (Lipinski definition) is 2. The molecule has 0 spiro atoms. The van der Waals surface area contributed by atoms with E-state index in [0.717, 1.165) is 4.90 Å². The Labute approximate surface area is 174 Å². The molecule has 0 saturated carbocycles. The van der Waals surface area contributed by atoms with Crippen molar-refractivity contribution >= 4 is 58.3 Å². The van der Waals surface area contributed by atoms with Crippen molar-refractivity contribution in [3.8, 4) is 0 Å². The van der Waals surface area contributed by atoms with Crippen molar-refractivity contribution in [1.29, 1.82) is 0 Å². The molecule has 1 unspecified atom stereocenters. The summed E-state index contributed by atoms with van der Waals surface area (Å²) in [7, 11) is 0. The van der Waals surface area contributed by atoms with Crippen LogP contribution in [0.2, 0.25) is 15.1 Å². The van der Waals surface area contributed by atoms with Gasteiger partial charge in [-0.15, -0.1) is 0 Å². The topological polar surface area (TPSA) is 78.5 Å². The van der Waals surface area contributed by atoms with Gasteiger partial charge in [0.2, 0.25) is 5.91 Å². The molecule has 10 heteroatoms. The monoisotopic (exact) mass is 443 g/mol. The van der Waals surface area contributed by atoms with E-state index in [-0.39, 0.29) is 20.8 Å². The highest BCUT2D eigenvalue weighted by molar-refractivity contribution is 6.42. The number of urea groups is 1. The first-order chi connectivity index (χ1) is 13.1. The Hall–Kier alpha value is -2.35. The van der Waals surface area contributed by atoms with Crippen molar-refractivity contribution < 1.29 is 18.8 Å². The molecule has 0 bridgehead atoms. The van der Waals surface area contributed by atoms with Crippen molar-refractivity contribution in [3.63, 3.8) is 0 Å². The molecular formula is C18H13Cl3FN3O3. The second kappa shape index (κ2) is 7.58. The molecular weight excluding hydrogens is 432 g/mol. The number of nitrogens with zero attached hydrogens (tertiary/aromatic N) is 1. The lowest BCUT2D eigenvalue weighted by molar-refractivity contribution is -0.133. The van der Waals surface area contributed by atoms with Gasteiger partial charge >= 0.3 is 6.03 Å². The molecule has 146 valence electrons. The van der Waals surface area contributed by atoms with Gasteiger partial charge in [0.1, 0.15) is 17.9 Å². The van der Waals surface area contributed by atoms with Gasteiger partial charge in [-0.25, -0.2) is 9.18 Å². The van der Waals surface area contributed by atoms with Crippen LogP contribution in [-0.2, 0) is 15.1 Å². The SMILES string of the molecule is CC1(c2ccc(F)cc2)NC(=O)N(CC(=O)Nc2c(Cl)cc(Cl)cc2Cl)C1=O. The van der Waals surface area contributed by atoms with E-state index < -0.39 is 35.7 Å². The smallest absolute Gasteiger partial charge is 0.322 e. The van der Waals surface area contributed by atoms with Gasteiger partial charge in [0, 0.05) is 5.02 Å². The summed E-state index contributed by atoms with van der Waals surface area (Å²) in [5.74, 6) is -1.80. The summed E-state index contributed by atoms with van der Waals surface area (Å²) in [5, 5.41) is 5.50. The summed E-state index contributed by atoms with van der Waals surface area (Å²) in [5.41, 5.74) is -0.911. The van der Waals surface area contributed by atoms with Crippen LogP contribution in [0.5, 0.6) is 0 Å². The van der Waals surface area contributed by atoms with E-state index in [2.05, 4.69) is 10.6 Å². The molecule has 1 heterocycles. The van der Waals surface area contributed by atoms with Gasteiger partial charge in [-0.2, -0.15) is 0 Å². The maximum absolute atomic E-state index is 13.2. The highest BCUT2D eigenvalue weighted by atomic mass is 35.5. The molecule has 1 aliphatic heterocycles. The Balaban J connectivity index is 1.78. The second-order valence-corrected chi connectivity index (χ2v) is 7.50. The Morgan fingerprint density at radius 1 is 1.14 bits per heavy atom. The van der Waals surface area contributed by atoms with E-state index in [4.69, 9.17) is 34.8 Å². The van der Waals surface area contributed by atoms with E-state index >= 15 is 0 Å². The molecule has 6 nitrogen and oxygen atoms in total. The van der Waals surface area contributed by atoms with Gasteiger partial charge < -0.3 is 10.6 Å². The first-order valence-electron chi connectivity index (χ1n) is 7.96. The van der Waals surface area contributed by atoms with E-state index in [1.165, 1.54) is 43.3 Å². The van der Waals surface area contributed by atoms with Crippen molar-refractivity contribution in [3.05, 3.63) is 62.8 Å². The number of hydrogen-bond acceptors (Lipinski definition) is 3. The van der Waals surface area contributed by atoms with Crippen LogP contribution < -0.4 is 10.6 Å². The number of rotatable bonds is 4. The Bertz CT molecular complexity index is 961. The maximum Gasteiger partial charge on any atom is 0.325 e. The molecule has 0 radical (unpaired) electrons. The molecule has 1 atom stereocenters. The Morgan fingerprint density at radius 3 is 2.29 bits per heavy atom. The quantitative estimate of drug-likeness (QED) is 0.694. The third-order valence-electron chi connectivity index (χ3n) is 4.27. The van der Waals surface area contributed by atoms with Crippen LogP contribution in [0.15, 0.2) is 36.4 Å². The summed E-state index contributed by atoms with van der Waals surface area (Å²) >= 11 is 17.9. The first-order valence-corrected chi connectivity index (χ1v) is 9.10. The molecule has 1 fully saturated rings. The predicted octanol–water partition coefficient (Wildman–Crippen LogP) is 4.19. The zero-order valence-electron chi connectivity index (χ0n) is 14.4. The molecule has 3 rings (SSSR count). The lowest BCUT2D eigenvalue weighted by Gasteiger charge is -2.22. The molecule has 2 N–H and O–H groups in total. The largest absolute Gasteiger partial charge is 0.325 e. The zero-order valence-corrected chi connectivity index (χ0v) is 16.6. The minimum Gasteiger partial charge on any atom is -0.322 e. The fraction of sp³-hybridized carbons (Fsp3) is 0.167. The minimum absolute atomic E-state index is 0.110. The van der Waals surface area contributed by atoms with Crippen LogP contribution in [0, 0.1) is 5.82 Å². The van der Waals surface area contributed by atoms with Gasteiger partial charge in [-0.1, -0.05) is 46.9 Å². The van der Waals surface area contributed by atoms with Crippen LogP contribution in [0.25, 0.3) is 0 Å². The van der Waals surface area contributed by atoms with E-state index in [1.54, 1.807) is 0 Å². The van der Waals surface area contributed by atoms with E-state index in [1.807, 2.05) is 0 Å². The van der Waals surface area contributed by atoms with Gasteiger partial charge in [0.25, 0.3) is 5.91 Å². The number of anilines is 1. The summed E-state index contributed by atoms with van der Waals surface area (Å²) in [4.78, 5) is 38.2. The number of carbonyl (C=O) groups is 3. The lowest BCUT2D eigenvalue weighted by atomic mass is 9.92. The summed E-state index contributed by atoms with van der Waals surface area (Å²) in [6, 6.07) is 7.18. The van der Waals surface area contributed by atoms with E-state index in [9.17, 15) is 18.8 Å².